The summed E-state index contributed by atoms with van der Waals surface area (Å²) in [6, 6.07) is 10.6. The third kappa shape index (κ3) is 3.35. The maximum absolute atomic E-state index is 10.8. The van der Waals surface area contributed by atoms with Gasteiger partial charge in [-0.05, 0) is 18.6 Å². The van der Waals surface area contributed by atoms with Gasteiger partial charge in [0, 0.05) is 12.3 Å². The Labute approximate surface area is 110 Å². The number of aryl methyl sites for hydroxylation is 1. The quantitative estimate of drug-likeness (QED) is 0.518. The highest BCUT2D eigenvalue weighted by Gasteiger charge is 2.12. The van der Waals surface area contributed by atoms with Crippen molar-refractivity contribution in [1.82, 2.24) is 4.98 Å². The van der Waals surface area contributed by atoms with Gasteiger partial charge in [-0.2, -0.15) is 5.10 Å². The summed E-state index contributed by atoms with van der Waals surface area (Å²) in [7, 11) is 0. The van der Waals surface area contributed by atoms with E-state index in [4.69, 9.17) is 0 Å². The zero-order valence-corrected chi connectivity index (χ0v) is 10.3. The number of nitro groups is 1. The van der Waals surface area contributed by atoms with Crippen LogP contribution in [0, 0.1) is 17.0 Å². The molecular formula is C13H12N4O2. The Morgan fingerprint density at radius 2 is 2.21 bits per heavy atom. The minimum absolute atomic E-state index is 0.108. The van der Waals surface area contributed by atoms with Crippen LogP contribution in [0.4, 0.5) is 11.5 Å². The molecule has 2 rings (SSSR count). The first-order valence-corrected chi connectivity index (χ1v) is 5.62. The van der Waals surface area contributed by atoms with Crippen LogP contribution >= 0.6 is 0 Å². The molecule has 1 N–H and O–H groups in total. The van der Waals surface area contributed by atoms with E-state index in [1.165, 1.54) is 18.3 Å². The largest absolute Gasteiger partial charge is 0.313 e. The minimum atomic E-state index is -0.502. The summed E-state index contributed by atoms with van der Waals surface area (Å²) in [5.41, 5.74) is 4.50. The Kier molecular flexibility index (Phi) is 3.82. The van der Waals surface area contributed by atoms with E-state index in [1.54, 1.807) is 6.21 Å². The van der Waals surface area contributed by atoms with Gasteiger partial charge in [0.1, 0.15) is 0 Å². The van der Waals surface area contributed by atoms with E-state index >= 15 is 0 Å². The number of nitrogens with one attached hydrogen (secondary N) is 1. The number of pyridine rings is 1. The van der Waals surface area contributed by atoms with E-state index in [1.807, 2.05) is 31.2 Å². The predicted octanol–water partition coefficient (Wildman–Crippen LogP) is 2.74. The fourth-order valence-electron chi connectivity index (χ4n) is 1.55. The molecule has 0 saturated carbocycles. The molecule has 0 aliphatic carbocycles. The molecule has 0 amide bonds. The van der Waals surface area contributed by atoms with Crippen LogP contribution in [-0.4, -0.2) is 16.1 Å². The number of aromatic nitrogens is 1. The van der Waals surface area contributed by atoms with Crippen molar-refractivity contribution in [3.63, 3.8) is 0 Å². The molecule has 0 atom stereocenters. The van der Waals surface area contributed by atoms with Crippen molar-refractivity contribution in [1.29, 1.82) is 0 Å². The molecule has 96 valence electrons. The van der Waals surface area contributed by atoms with Crippen LogP contribution in [0.2, 0.25) is 0 Å². The van der Waals surface area contributed by atoms with Gasteiger partial charge < -0.3 is 0 Å². The van der Waals surface area contributed by atoms with E-state index in [0.717, 1.165) is 11.1 Å². The molecule has 0 aliphatic heterocycles. The molecule has 1 aromatic carbocycles. The maximum atomic E-state index is 10.8. The number of benzene rings is 1. The van der Waals surface area contributed by atoms with Crippen molar-refractivity contribution in [2.75, 3.05) is 5.43 Å². The van der Waals surface area contributed by atoms with Crippen molar-refractivity contribution in [2.45, 2.75) is 6.92 Å². The predicted molar refractivity (Wildman–Crippen MR) is 73.3 cm³/mol. The summed E-state index contributed by atoms with van der Waals surface area (Å²) in [6.07, 6.45) is 3.06. The Morgan fingerprint density at radius 3 is 2.95 bits per heavy atom. The fraction of sp³-hybridized carbons (Fsp3) is 0.0769. The molecule has 0 fully saturated rings. The number of nitrogens with zero attached hydrogens (tertiary/aromatic N) is 3. The highest BCUT2D eigenvalue weighted by Crippen LogP contribution is 2.19. The van der Waals surface area contributed by atoms with E-state index in [9.17, 15) is 10.1 Å². The van der Waals surface area contributed by atoms with Gasteiger partial charge in [-0.1, -0.05) is 29.8 Å². The lowest BCUT2D eigenvalue weighted by Crippen LogP contribution is -1.98. The molecular weight excluding hydrogens is 244 g/mol. The van der Waals surface area contributed by atoms with Gasteiger partial charge >= 0.3 is 5.69 Å². The van der Waals surface area contributed by atoms with Crippen LogP contribution < -0.4 is 5.43 Å². The van der Waals surface area contributed by atoms with Crippen molar-refractivity contribution < 1.29 is 4.92 Å². The van der Waals surface area contributed by atoms with Crippen LogP contribution in [0.1, 0.15) is 11.1 Å². The standard InChI is InChI=1S/C13H12N4O2/c1-10-4-2-5-11(8-10)9-15-16-13-12(17(18)19)6-3-7-14-13/h2-9H,1H3,(H,14,16)/b15-9-. The van der Waals surface area contributed by atoms with Gasteiger partial charge in [-0.25, -0.2) is 4.98 Å². The summed E-state index contributed by atoms with van der Waals surface area (Å²) in [5, 5.41) is 14.7. The summed E-state index contributed by atoms with van der Waals surface area (Å²) >= 11 is 0. The molecule has 1 heterocycles. The molecule has 0 aliphatic rings. The topological polar surface area (TPSA) is 80.4 Å². The first-order valence-electron chi connectivity index (χ1n) is 5.62. The van der Waals surface area contributed by atoms with E-state index in [0.29, 0.717) is 0 Å². The van der Waals surface area contributed by atoms with E-state index in [2.05, 4.69) is 15.5 Å². The van der Waals surface area contributed by atoms with Gasteiger partial charge in [0.05, 0.1) is 11.1 Å². The average Bonchev–Trinajstić information content (AvgIpc) is 2.39. The normalized spacial score (nSPS) is 10.6. The molecule has 1 aromatic heterocycles. The first-order chi connectivity index (χ1) is 9.16. The van der Waals surface area contributed by atoms with Crippen LogP contribution in [-0.2, 0) is 0 Å². The summed E-state index contributed by atoms with van der Waals surface area (Å²) in [4.78, 5) is 14.2. The van der Waals surface area contributed by atoms with Crippen molar-refractivity contribution in [3.8, 4) is 0 Å². The second-order valence-corrected chi connectivity index (χ2v) is 3.91. The molecule has 0 radical (unpaired) electrons. The Bertz CT molecular complexity index is 626. The molecule has 6 heteroatoms. The average molecular weight is 256 g/mol. The van der Waals surface area contributed by atoms with Gasteiger partial charge in [0.2, 0.25) is 5.82 Å². The van der Waals surface area contributed by atoms with Crippen LogP contribution in [0.15, 0.2) is 47.7 Å². The van der Waals surface area contributed by atoms with Gasteiger partial charge in [-0.15, -0.1) is 0 Å². The Hall–Kier alpha value is -2.76. The molecule has 0 bridgehead atoms. The minimum Gasteiger partial charge on any atom is -0.258 e. The second-order valence-electron chi connectivity index (χ2n) is 3.91. The monoisotopic (exact) mass is 256 g/mol. The smallest absolute Gasteiger partial charge is 0.258 e. The van der Waals surface area contributed by atoms with Crippen molar-refractivity contribution >= 4 is 17.7 Å². The van der Waals surface area contributed by atoms with Gasteiger partial charge in [-0.3, -0.25) is 15.5 Å². The number of hydrogen-bond acceptors (Lipinski definition) is 5. The molecule has 19 heavy (non-hydrogen) atoms. The molecule has 0 saturated heterocycles. The maximum Gasteiger partial charge on any atom is 0.313 e. The highest BCUT2D eigenvalue weighted by molar-refractivity contribution is 5.80. The molecule has 2 aromatic rings. The number of rotatable bonds is 4. The third-order valence-corrected chi connectivity index (χ3v) is 2.41. The lowest BCUT2D eigenvalue weighted by Gasteiger charge is -2.00. The zero-order chi connectivity index (χ0) is 13.7. The van der Waals surface area contributed by atoms with Crippen molar-refractivity contribution in [3.05, 3.63) is 63.8 Å². The van der Waals surface area contributed by atoms with Crippen LogP contribution in [0.25, 0.3) is 0 Å². The lowest BCUT2D eigenvalue weighted by molar-refractivity contribution is -0.384. The second kappa shape index (κ2) is 5.72. The number of hydrazone groups is 1. The Morgan fingerprint density at radius 1 is 1.37 bits per heavy atom. The van der Waals surface area contributed by atoms with Gasteiger partial charge in [0.25, 0.3) is 0 Å². The zero-order valence-electron chi connectivity index (χ0n) is 10.3. The molecule has 0 unspecified atom stereocenters. The summed E-state index contributed by atoms with van der Waals surface area (Å²) < 4.78 is 0. The molecule has 0 spiro atoms. The van der Waals surface area contributed by atoms with E-state index < -0.39 is 4.92 Å². The first kappa shape index (κ1) is 12.7. The SMILES string of the molecule is Cc1cccc(/C=N\Nc2ncccc2[N+](=O)[O-])c1. The van der Waals surface area contributed by atoms with Crippen molar-refractivity contribution in [2.24, 2.45) is 5.10 Å². The summed E-state index contributed by atoms with van der Waals surface area (Å²) in [6.45, 7) is 1.98. The highest BCUT2D eigenvalue weighted by atomic mass is 16.6. The van der Waals surface area contributed by atoms with Crippen LogP contribution in [0.3, 0.4) is 0 Å². The Balaban J connectivity index is 2.13. The fourth-order valence-corrected chi connectivity index (χ4v) is 1.55. The number of hydrogen-bond donors (Lipinski definition) is 1. The summed E-state index contributed by atoms with van der Waals surface area (Å²) in [5.74, 6) is 0.122. The lowest BCUT2D eigenvalue weighted by atomic mass is 10.2. The third-order valence-electron chi connectivity index (χ3n) is 2.41. The number of anilines is 1. The molecule has 6 nitrogen and oxygen atoms in total. The van der Waals surface area contributed by atoms with E-state index in [-0.39, 0.29) is 11.5 Å². The van der Waals surface area contributed by atoms with Gasteiger partial charge in [0.15, 0.2) is 0 Å². The van der Waals surface area contributed by atoms with Crippen LogP contribution in [0.5, 0.6) is 0 Å².